The van der Waals surface area contributed by atoms with Crippen LogP contribution in [0.4, 0.5) is 0 Å². The minimum atomic E-state index is -0.908. The lowest BCUT2D eigenvalue weighted by Gasteiger charge is -2.39. The number of aliphatic hydroxyl groups is 1. The molecule has 0 radical (unpaired) electrons. The van der Waals surface area contributed by atoms with Gasteiger partial charge in [0.2, 0.25) is 11.8 Å². The summed E-state index contributed by atoms with van der Waals surface area (Å²) in [6, 6.07) is 8.48. The zero-order valence-corrected chi connectivity index (χ0v) is 22.3. The van der Waals surface area contributed by atoms with Crippen LogP contribution in [0.15, 0.2) is 54.6 Å². The predicted molar refractivity (Wildman–Crippen MR) is 142 cm³/mol. The van der Waals surface area contributed by atoms with Gasteiger partial charge in [0.15, 0.2) is 0 Å². The fourth-order valence-electron chi connectivity index (χ4n) is 6.33. The topological polar surface area (TPSA) is 87.2 Å². The van der Waals surface area contributed by atoms with Crippen molar-refractivity contribution in [2.45, 2.75) is 61.7 Å². The first-order chi connectivity index (χ1) is 17.9. The fourth-order valence-corrected chi connectivity index (χ4v) is 8.31. The molecule has 4 aliphatic rings. The third kappa shape index (κ3) is 4.52. The Morgan fingerprint density at radius 2 is 1.89 bits per heavy atom. The SMILES string of the molecule is CC(C)[C@H](CO)N1C(=O)[C@@H]2[C@@H]3C(=O)OCCCC/C=C\[C@@H]3S[C@@]23C=CCN(Cc2ccccc2)C(=O)C13. The summed E-state index contributed by atoms with van der Waals surface area (Å²) in [5.41, 5.74) is 1.01. The van der Waals surface area contributed by atoms with Gasteiger partial charge in [-0.15, -0.1) is 11.8 Å². The quantitative estimate of drug-likeness (QED) is 0.470. The highest BCUT2D eigenvalue weighted by atomic mass is 32.2. The average Bonchev–Trinajstić information content (AvgIpc) is 3.27. The molecular formula is C29H36N2O5S. The van der Waals surface area contributed by atoms with Crippen molar-refractivity contribution in [3.8, 4) is 0 Å². The van der Waals surface area contributed by atoms with E-state index in [4.69, 9.17) is 4.74 Å². The zero-order chi connectivity index (χ0) is 26.2. The van der Waals surface area contributed by atoms with E-state index in [1.54, 1.807) is 21.6 Å². The van der Waals surface area contributed by atoms with Crippen molar-refractivity contribution in [2.75, 3.05) is 19.8 Å². The number of benzene rings is 1. The van der Waals surface area contributed by atoms with E-state index in [1.165, 1.54) is 0 Å². The Bertz CT molecular complexity index is 1090. The summed E-state index contributed by atoms with van der Waals surface area (Å²) in [4.78, 5) is 45.5. The van der Waals surface area contributed by atoms with Gasteiger partial charge in [0, 0.05) is 18.3 Å². The average molecular weight is 525 g/mol. The van der Waals surface area contributed by atoms with Crippen molar-refractivity contribution in [3.05, 3.63) is 60.2 Å². The highest BCUT2D eigenvalue weighted by Crippen LogP contribution is 2.61. The number of esters is 1. The maximum absolute atomic E-state index is 14.4. The van der Waals surface area contributed by atoms with Crippen LogP contribution in [-0.4, -0.2) is 74.5 Å². The minimum absolute atomic E-state index is 0.0656. The van der Waals surface area contributed by atoms with E-state index in [9.17, 15) is 19.5 Å². The molecule has 6 atom stereocenters. The lowest BCUT2D eigenvalue weighted by molar-refractivity contribution is -0.154. The Labute approximate surface area is 222 Å². The van der Waals surface area contributed by atoms with E-state index in [2.05, 4.69) is 6.08 Å². The molecule has 8 heteroatoms. The molecule has 37 heavy (non-hydrogen) atoms. The van der Waals surface area contributed by atoms with Crippen molar-refractivity contribution in [1.82, 2.24) is 9.80 Å². The number of rotatable bonds is 5. The first kappa shape index (κ1) is 26.0. The van der Waals surface area contributed by atoms with Gasteiger partial charge >= 0.3 is 5.97 Å². The molecule has 0 saturated carbocycles. The molecule has 1 N–H and O–H groups in total. The van der Waals surface area contributed by atoms with Crippen molar-refractivity contribution < 1.29 is 24.2 Å². The molecule has 198 valence electrons. The number of amides is 2. The van der Waals surface area contributed by atoms with Crippen LogP contribution in [0, 0.1) is 17.8 Å². The second kappa shape index (κ2) is 10.7. The number of carbonyl (C=O) groups is 3. The number of hydrogen-bond donors (Lipinski definition) is 1. The molecule has 1 unspecified atom stereocenters. The number of nitrogens with zero attached hydrogens (tertiary/aromatic N) is 2. The highest BCUT2D eigenvalue weighted by molar-refractivity contribution is 8.02. The van der Waals surface area contributed by atoms with Gasteiger partial charge in [0.1, 0.15) is 6.04 Å². The second-order valence-corrected chi connectivity index (χ2v) is 12.3. The van der Waals surface area contributed by atoms with Crippen LogP contribution in [-0.2, 0) is 25.7 Å². The van der Waals surface area contributed by atoms with E-state index < -0.39 is 28.7 Å². The summed E-state index contributed by atoms with van der Waals surface area (Å²) in [5, 5.41) is 10.1. The van der Waals surface area contributed by atoms with Gasteiger partial charge in [-0.2, -0.15) is 0 Å². The fraction of sp³-hybridized carbons (Fsp3) is 0.552. The second-order valence-electron chi connectivity index (χ2n) is 10.8. The Morgan fingerprint density at radius 3 is 2.62 bits per heavy atom. The monoisotopic (exact) mass is 524 g/mol. The van der Waals surface area contributed by atoms with E-state index in [1.807, 2.05) is 62.4 Å². The molecular weight excluding hydrogens is 488 g/mol. The Hall–Kier alpha value is -2.58. The van der Waals surface area contributed by atoms with E-state index >= 15 is 0 Å². The predicted octanol–water partition coefficient (Wildman–Crippen LogP) is 3.18. The molecule has 1 spiro atoms. The number of thioether (sulfide) groups is 1. The molecule has 1 aromatic rings. The lowest BCUT2D eigenvalue weighted by Crippen LogP contribution is -2.57. The van der Waals surface area contributed by atoms with Gasteiger partial charge in [-0.05, 0) is 30.7 Å². The summed E-state index contributed by atoms with van der Waals surface area (Å²) in [6.45, 7) is 4.83. The van der Waals surface area contributed by atoms with Gasteiger partial charge in [0.25, 0.3) is 0 Å². The lowest BCUT2D eigenvalue weighted by atomic mass is 9.78. The van der Waals surface area contributed by atoms with Crippen LogP contribution in [0.3, 0.4) is 0 Å². The number of likely N-dealkylation sites (tertiary alicyclic amines) is 1. The number of ether oxygens (including phenoxy) is 1. The minimum Gasteiger partial charge on any atom is -0.465 e. The number of cyclic esters (lactones) is 1. The molecule has 0 bridgehead atoms. The summed E-state index contributed by atoms with van der Waals surface area (Å²) in [6.07, 6.45) is 10.8. The molecule has 0 aromatic heterocycles. The van der Waals surface area contributed by atoms with E-state index in [0.29, 0.717) is 19.7 Å². The first-order valence-corrected chi connectivity index (χ1v) is 14.2. The van der Waals surface area contributed by atoms with Crippen molar-refractivity contribution in [3.63, 3.8) is 0 Å². The molecule has 4 heterocycles. The molecule has 1 aromatic carbocycles. The van der Waals surface area contributed by atoms with Crippen LogP contribution in [0.1, 0.15) is 38.7 Å². The molecule has 7 nitrogen and oxygen atoms in total. The molecule has 2 saturated heterocycles. The summed E-state index contributed by atoms with van der Waals surface area (Å²) >= 11 is 1.55. The third-order valence-electron chi connectivity index (χ3n) is 8.15. The third-order valence-corrected chi connectivity index (χ3v) is 9.90. The molecule has 2 fully saturated rings. The van der Waals surface area contributed by atoms with Crippen LogP contribution in [0.5, 0.6) is 0 Å². The highest BCUT2D eigenvalue weighted by Gasteiger charge is 2.71. The van der Waals surface area contributed by atoms with Crippen molar-refractivity contribution >= 4 is 29.5 Å². The normalized spacial score (nSPS) is 33.5. The number of aliphatic hydroxyl groups excluding tert-OH is 1. The summed E-state index contributed by atoms with van der Waals surface area (Å²) in [7, 11) is 0. The number of hydrogen-bond acceptors (Lipinski definition) is 6. The van der Waals surface area contributed by atoms with Gasteiger partial charge in [-0.25, -0.2) is 0 Å². The molecule has 2 amide bonds. The largest absolute Gasteiger partial charge is 0.465 e. The van der Waals surface area contributed by atoms with Gasteiger partial charge in [-0.1, -0.05) is 68.5 Å². The van der Waals surface area contributed by atoms with Crippen LogP contribution in [0.25, 0.3) is 0 Å². The molecule has 4 aliphatic heterocycles. The number of carbonyl (C=O) groups excluding carboxylic acids is 3. The smallest absolute Gasteiger partial charge is 0.311 e. The standard InChI is InChI=1S/C29H36N2O5S/c1-19(2)21(18-32)31-25-27(34)30(17-20-11-6-5-7-12-20)15-10-14-29(25)24(26(31)33)23-22(37-29)13-8-3-4-9-16-36-28(23)35/h5-8,10-14,19,21-25,32H,3-4,9,15-18H2,1-2H3/b13-8-/t21-,22-,23+,24-,25?,29-/m0/s1. The molecule has 0 aliphatic carbocycles. The zero-order valence-electron chi connectivity index (χ0n) is 21.5. The Kier molecular flexibility index (Phi) is 7.50. The van der Waals surface area contributed by atoms with Gasteiger partial charge in [-0.3, -0.25) is 14.4 Å². The van der Waals surface area contributed by atoms with Crippen LogP contribution >= 0.6 is 11.8 Å². The summed E-state index contributed by atoms with van der Waals surface area (Å²) < 4.78 is 4.76. The Balaban J connectivity index is 1.60. The van der Waals surface area contributed by atoms with Crippen LogP contribution in [0.2, 0.25) is 0 Å². The van der Waals surface area contributed by atoms with E-state index in [0.717, 1.165) is 24.8 Å². The number of allylic oxidation sites excluding steroid dienone is 1. The first-order valence-electron chi connectivity index (χ1n) is 13.3. The van der Waals surface area contributed by atoms with Gasteiger partial charge < -0.3 is 19.6 Å². The maximum Gasteiger partial charge on any atom is 0.311 e. The number of fused-ring (bicyclic) bond motifs is 2. The van der Waals surface area contributed by atoms with E-state index in [-0.39, 0.29) is 35.6 Å². The van der Waals surface area contributed by atoms with Gasteiger partial charge in [0.05, 0.1) is 35.8 Å². The maximum atomic E-state index is 14.4. The van der Waals surface area contributed by atoms with Crippen molar-refractivity contribution in [1.29, 1.82) is 0 Å². The molecule has 5 rings (SSSR count). The van der Waals surface area contributed by atoms with Crippen LogP contribution < -0.4 is 0 Å². The Morgan fingerprint density at radius 1 is 1.11 bits per heavy atom. The summed E-state index contributed by atoms with van der Waals surface area (Å²) in [5.74, 6) is -2.21. The van der Waals surface area contributed by atoms with Crippen molar-refractivity contribution in [2.24, 2.45) is 17.8 Å².